The standard InChI is InChI=1S/C18H29F3N4O/c1-13(2)15-11-14(22-25(15)17(3,4)5)16(26)24-8-6-7-23(9-10-24)12-18(19,20)21/h11,13H,6-10,12H2,1-5H3. The highest BCUT2D eigenvalue weighted by Gasteiger charge is 2.32. The molecule has 0 unspecified atom stereocenters. The lowest BCUT2D eigenvalue weighted by Gasteiger charge is -2.24. The average Bonchev–Trinajstić information content (AvgIpc) is 2.82. The van der Waals surface area contributed by atoms with Crippen molar-refractivity contribution in [1.82, 2.24) is 19.6 Å². The Hall–Kier alpha value is -1.57. The van der Waals surface area contributed by atoms with Gasteiger partial charge in [-0.05, 0) is 39.2 Å². The van der Waals surface area contributed by atoms with Crippen LogP contribution in [0, 0.1) is 0 Å². The van der Waals surface area contributed by atoms with Gasteiger partial charge in [0.25, 0.3) is 5.91 Å². The van der Waals surface area contributed by atoms with E-state index in [1.54, 1.807) is 4.90 Å². The number of halogens is 3. The highest BCUT2D eigenvalue weighted by Crippen LogP contribution is 2.24. The first-order valence-electron chi connectivity index (χ1n) is 9.07. The molecule has 0 spiro atoms. The topological polar surface area (TPSA) is 41.4 Å². The normalized spacial score (nSPS) is 17.7. The molecule has 0 aromatic carbocycles. The molecule has 1 amide bonds. The molecule has 1 saturated heterocycles. The van der Waals surface area contributed by atoms with E-state index in [1.165, 1.54) is 4.90 Å². The molecule has 0 N–H and O–H groups in total. The summed E-state index contributed by atoms with van der Waals surface area (Å²) in [7, 11) is 0. The van der Waals surface area contributed by atoms with Gasteiger partial charge in [-0.15, -0.1) is 0 Å². The molecule has 1 aliphatic rings. The lowest BCUT2D eigenvalue weighted by Crippen LogP contribution is -2.38. The summed E-state index contributed by atoms with van der Waals surface area (Å²) in [4.78, 5) is 15.9. The summed E-state index contributed by atoms with van der Waals surface area (Å²) in [6.45, 7) is 10.6. The third kappa shape index (κ3) is 5.22. The fraction of sp³-hybridized carbons (Fsp3) is 0.778. The zero-order valence-corrected chi connectivity index (χ0v) is 16.2. The van der Waals surface area contributed by atoms with Crippen LogP contribution in [-0.2, 0) is 5.54 Å². The summed E-state index contributed by atoms with van der Waals surface area (Å²) in [5, 5.41) is 4.52. The largest absolute Gasteiger partial charge is 0.401 e. The smallest absolute Gasteiger partial charge is 0.336 e. The molecule has 1 aliphatic heterocycles. The number of carbonyl (C=O) groups is 1. The molecular formula is C18H29F3N4O. The van der Waals surface area contributed by atoms with Crippen molar-refractivity contribution in [3.8, 4) is 0 Å². The van der Waals surface area contributed by atoms with E-state index in [-0.39, 0.29) is 30.5 Å². The Labute approximate surface area is 153 Å². The van der Waals surface area contributed by atoms with Gasteiger partial charge in [0.2, 0.25) is 0 Å². The Balaban J connectivity index is 2.14. The molecule has 148 valence electrons. The quantitative estimate of drug-likeness (QED) is 0.814. The second-order valence-electron chi connectivity index (χ2n) is 8.23. The summed E-state index contributed by atoms with van der Waals surface area (Å²) in [5.74, 6) is 0.0124. The van der Waals surface area contributed by atoms with E-state index in [1.807, 2.05) is 31.5 Å². The van der Waals surface area contributed by atoms with Crippen LogP contribution in [0.3, 0.4) is 0 Å². The number of carbonyl (C=O) groups excluding carboxylic acids is 1. The number of amides is 1. The Morgan fingerprint density at radius 3 is 2.31 bits per heavy atom. The highest BCUT2D eigenvalue weighted by molar-refractivity contribution is 5.92. The van der Waals surface area contributed by atoms with E-state index in [4.69, 9.17) is 0 Å². The maximum Gasteiger partial charge on any atom is 0.401 e. The van der Waals surface area contributed by atoms with Crippen LogP contribution in [0.25, 0.3) is 0 Å². The van der Waals surface area contributed by atoms with Crippen LogP contribution >= 0.6 is 0 Å². The first-order valence-corrected chi connectivity index (χ1v) is 9.07. The predicted octanol–water partition coefficient (Wildman–Crippen LogP) is 3.47. The molecule has 0 atom stereocenters. The third-order valence-corrected chi connectivity index (χ3v) is 4.46. The van der Waals surface area contributed by atoms with Gasteiger partial charge in [-0.25, -0.2) is 0 Å². The van der Waals surface area contributed by atoms with Gasteiger partial charge in [-0.3, -0.25) is 14.4 Å². The van der Waals surface area contributed by atoms with Gasteiger partial charge >= 0.3 is 6.18 Å². The third-order valence-electron chi connectivity index (χ3n) is 4.46. The molecule has 2 heterocycles. The average molecular weight is 374 g/mol. The molecule has 0 radical (unpaired) electrons. The summed E-state index contributed by atoms with van der Waals surface area (Å²) >= 11 is 0. The van der Waals surface area contributed by atoms with Gasteiger partial charge in [0, 0.05) is 31.9 Å². The molecule has 26 heavy (non-hydrogen) atoms. The number of nitrogens with zero attached hydrogens (tertiary/aromatic N) is 4. The molecule has 1 aromatic rings. The molecule has 5 nitrogen and oxygen atoms in total. The van der Waals surface area contributed by atoms with Crippen molar-refractivity contribution in [3.63, 3.8) is 0 Å². The summed E-state index contributed by atoms with van der Waals surface area (Å²) in [6, 6.07) is 1.82. The molecule has 0 saturated carbocycles. The van der Waals surface area contributed by atoms with Crippen LogP contribution in [0.4, 0.5) is 13.2 Å². The van der Waals surface area contributed by atoms with Crippen molar-refractivity contribution in [2.24, 2.45) is 0 Å². The number of alkyl halides is 3. The van der Waals surface area contributed by atoms with Crippen LogP contribution in [-0.4, -0.2) is 64.4 Å². The SMILES string of the molecule is CC(C)c1cc(C(=O)N2CCCN(CC(F)(F)F)CC2)nn1C(C)(C)C. The molecule has 2 rings (SSSR count). The van der Waals surface area contributed by atoms with Gasteiger partial charge in [-0.1, -0.05) is 13.8 Å². The van der Waals surface area contributed by atoms with Crippen LogP contribution in [0.5, 0.6) is 0 Å². The van der Waals surface area contributed by atoms with Crippen LogP contribution < -0.4 is 0 Å². The highest BCUT2D eigenvalue weighted by atomic mass is 19.4. The second-order valence-corrected chi connectivity index (χ2v) is 8.23. The van der Waals surface area contributed by atoms with E-state index in [2.05, 4.69) is 18.9 Å². The van der Waals surface area contributed by atoms with Crippen molar-refractivity contribution >= 4 is 5.91 Å². The van der Waals surface area contributed by atoms with Crippen molar-refractivity contribution < 1.29 is 18.0 Å². The van der Waals surface area contributed by atoms with Gasteiger partial charge in [0.1, 0.15) is 0 Å². The monoisotopic (exact) mass is 374 g/mol. The minimum absolute atomic E-state index is 0.205. The summed E-state index contributed by atoms with van der Waals surface area (Å²) in [5.41, 5.74) is 1.10. The van der Waals surface area contributed by atoms with Gasteiger partial charge in [0.05, 0.1) is 12.1 Å². The van der Waals surface area contributed by atoms with Crippen LogP contribution in [0.15, 0.2) is 6.07 Å². The zero-order chi connectivity index (χ0) is 19.7. The lowest BCUT2D eigenvalue weighted by atomic mass is 10.1. The molecule has 0 bridgehead atoms. The van der Waals surface area contributed by atoms with E-state index >= 15 is 0 Å². The van der Waals surface area contributed by atoms with Gasteiger partial charge in [0.15, 0.2) is 5.69 Å². The maximum absolute atomic E-state index is 12.9. The Kier molecular flexibility index (Phi) is 6.05. The summed E-state index contributed by atoms with van der Waals surface area (Å²) < 4.78 is 39.7. The van der Waals surface area contributed by atoms with E-state index in [0.29, 0.717) is 25.2 Å². The number of aromatic nitrogens is 2. The van der Waals surface area contributed by atoms with Crippen molar-refractivity contribution in [2.45, 2.75) is 58.7 Å². The second kappa shape index (κ2) is 7.58. The first-order chi connectivity index (χ1) is 11.9. The molecule has 1 fully saturated rings. The Morgan fingerprint density at radius 1 is 1.15 bits per heavy atom. The van der Waals surface area contributed by atoms with Crippen LogP contribution in [0.2, 0.25) is 0 Å². The first kappa shape index (κ1) is 20.7. The predicted molar refractivity (Wildman–Crippen MR) is 94.3 cm³/mol. The van der Waals surface area contributed by atoms with E-state index in [9.17, 15) is 18.0 Å². The fourth-order valence-electron chi connectivity index (χ4n) is 3.20. The molecule has 1 aromatic heterocycles. The Bertz CT molecular complexity index is 631. The summed E-state index contributed by atoms with van der Waals surface area (Å²) in [6.07, 6.45) is -3.68. The number of hydrogen-bond acceptors (Lipinski definition) is 3. The molecule has 0 aliphatic carbocycles. The van der Waals surface area contributed by atoms with Crippen molar-refractivity contribution in [3.05, 3.63) is 17.5 Å². The lowest BCUT2D eigenvalue weighted by molar-refractivity contribution is -0.145. The van der Waals surface area contributed by atoms with E-state index in [0.717, 1.165) is 5.69 Å². The van der Waals surface area contributed by atoms with Gasteiger partial charge in [-0.2, -0.15) is 18.3 Å². The van der Waals surface area contributed by atoms with Crippen molar-refractivity contribution in [2.75, 3.05) is 32.7 Å². The minimum atomic E-state index is -4.21. The van der Waals surface area contributed by atoms with Crippen LogP contribution in [0.1, 0.15) is 63.1 Å². The number of rotatable bonds is 3. The minimum Gasteiger partial charge on any atom is -0.336 e. The zero-order valence-electron chi connectivity index (χ0n) is 16.2. The Morgan fingerprint density at radius 2 is 1.81 bits per heavy atom. The maximum atomic E-state index is 12.9. The number of hydrogen-bond donors (Lipinski definition) is 0. The van der Waals surface area contributed by atoms with Crippen molar-refractivity contribution in [1.29, 1.82) is 0 Å². The van der Waals surface area contributed by atoms with E-state index < -0.39 is 12.7 Å². The fourth-order valence-corrected chi connectivity index (χ4v) is 3.20. The molecule has 8 heteroatoms. The molecular weight excluding hydrogens is 345 g/mol. The van der Waals surface area contributed by atoms with Gasteiger partial charge < -0.3 is 4.90 Å².